The number of pyridine rings is 1. The fourth-order valence-corrected chi connectivity index (χ4v) is 5.45. The Bertz CT molecular complexity index is 1490. The first kappa shape index (κ1) is 24.7. The monoisotopic (exact) mass is 533 g/mol. The summed E-state index contributed by atoms with van der Waals surface area (Å²) in [5.74, 6) is 0.424. The predicted molar refractivity (Wildman–Crippen MR) is 148 cm³/mol. The first-order valence-electron chi connectivity index (χ1n) is 11.6. The van der Waals surface area contributed by atoms with Crippen molar-refractivity contribution in [2.24, 2.45) is 0 Å². The third-order valence-corrected chi connectivity index (χ3v) is 7.18. The molecule has 2 unspecified atom stereocenters. The highest BCUT2D eigenvalue weighted by Gasteiger charge is 2.42. The van der Waals surface area contributed by atoms with Gasteiger partial charge >= 0.3 is 0 Å². The topological polar surface area (TPSA) is 85.5 Å². The van der Waals surface area contributed by atoms with E-state index in [2.05, 4.69) is 21.3 Å². The second kappa shape index (κ2) is 9.84. The number of nitrogens with zero attached hydrogens (tertiary/aromatic N) is 4. The first-order chi connectivity index (χ1) is 17.8. The molecule has 2 atom stereocenters. The average molecular weight is 534 g/mol. The van der Waals surface area contributed by atoms with E-state index in [-0.39, 0.29) is 22.7 Å². The van der Waals surface area contributed by atoms with Crippen LogP contribution in [0.1, 0.15) is 34.7 Å². The van der Waals surface area contributed by atoms with Crippen LogP contribution in [0.5, 0.6) is 5.75 Å². The van der Waals surface area contributed by atoms with Gasteiger partial charge in [-0.15, -0.1) is 0 Å². The number of halogens is 1. The maximum Gasteiger partial charge on any atom is 0.296 e. The summed E-state index contributed by atoms with van der Waals surface area (Å²) in [4.78, 5) is 18.2. The molecule has 0 radical (unpaired) electrons. The van der Waals surface area contributed by atoms with Crippen LogP contribution in [0.3, 0.4) is 0 Å². The third-order valence-electron chi connectivity index (χ3n) is 6.61. The zero-order chi connectivity index (χ0) is 26.3. The molecule has 1 fully saturated rings. The lowest BCUT2D eigenvalue weighted by Crippen LogP contribution is -2.29. The molecule has 1 N–H and O–H groups in total. The summed E-state index contributed by atoms with van der Waals surface area (Å²) in [6.07, 6.45) is 1.76. The minimum Gasteiger partial charge on any atom is -0.496 e. The van der Waals surface area contributed by atoms with E-state index in [0.29, 0.717) is 21.6 Å². The quantitative estimate of drug-likeness (QED) is 0.178. The molecular weight excluding hydrogens is 510 g/mol. The Balaban J connectivity index is 1.70. The van der Waals surface area contributed by atoms with Gasteiger partial charge in [0.1, 0.15) is 11.4 Å². The molecule has 188 valence electrons. The highest BCUT2D eigenvalue weighted by atomic mass is 35.5. The molecule has 0 amide bonds. The second-order valence-corrected chi connectivity index (χ2v) is 9.57. The van der Waals surface area contributed by atoms with Gasteiger partial charge in [0.15, 0.2) is 5.11 Å². The van der Waals surface area contributed by atoms with Crippen molar-refractivity contribution in [3.63, 3.8) is 0 Å². The molecule has 0 bridgehead atoms. The van der Waals surface area contributed by atoms with E-state index >= 15 is 0 Å². The van der Waals surface area contributed by atoms with Crippen LogP contribution in [0, 0.1) is 24.0 Å². The van der Waals surface area contributed by atoms with Gasteiger partial charge in [-0.2, -0.15) is 0 Å². The van der Waals surface area contributed by atoms with Gasteiger partial charge < -0.3 is 19.5 Å². The van der Waals surface area contributed by atoms with Crippen LogP contribution in [-0.2, 0) is 0 Å². The van der Waals surface area contributed by atoms with E-state index in [1.54, 1.807) is 18.3 Å². The van der Waals surface area contributed by atoms with Crippen molar-refractivity contribution >= 4 is 40.3 Å². The predicted octanol–water partition coefficient (Wildman–Crippen LogP) is 6.24. The van der Waals surface area contributed by atoms with Crippen molar-refractivity contribution in [2.45, 2.75) is 25.9 Å². The molecule has 4 aromatic rings. The fourth-order valence-electron chi connectivity index (χ4n) is 4.97. The Kier molecular flexibility index (Phi) is 6.57. The molecule has 1 saturated heterocycles. The molecule has 5 rings (SSSR count). The molecule has 2 aromatic heterocycles. The summed E-state index contributed by atoms with van der Waals surface area (Å²) in [6, 6.07) is 19.7. The lowest BCUT2D eigenvalue weighted by atomic mass is 9.96. The number of hydrogen-bond acceptors (Lipinski definition) is 5. The summed E-state index contributed by atoms with van der Waals surface area (Å²) in [7, 11) is 1.49. The lowest BCUT2D eigenvalue weighted by molar-refractivity contribution is -0.384. The Morgan fingerprint density at radius 2 is 1.86 bits per heavy atom. The Hall–Kier alpha value is -3.95. The number of methoxy groups -OCH3 is 1. The van der Waals surface area contributed by atoms with Crippen LogP contribution < -0.4 is 15.0 Å². The van der Waals surface area contributed by atoms with Crippen LogP contribution in [0.4, 0.5) is 11.4 Å². The number of aromatic nitrogens is 2. The van der Waals surface area contributed by atoms with Crippen molar-refractivity contribution in [3.05, 3.63) is 111 Å². The first-order valence-corrected chi connectivity index (χ1v) is 12.4. The molecule has 1 aliphatic rings. The summed E-state index contributed by atoms with van der Waals surface area (Å²) in [6.45, 7) is 3.90. The molecule has 3 heterocycles. The van der Waals surface area contributed by atoms with Gasteiger partial charge in [-0.25, -0.2) is 0 Å². The number of benzene rings is 2. The van der Waals surface area contributed by atoms with Gasteiger partial charge in [0, 0.05) is 28.3 Å². The van der Waals surface area contributed by atoms with Gasteiger partial charge in [0.05, 0.1) is 35.9 Å². The Labute approximate surface area is 224 Å². The number of anilines is 1. The minimum atomic E-state index is -0.390. The maximum atomic E-state index is 12.0. The Morgan fingerprint density at radius 3 is 2.51 bits per heavy atom. The lowest BCUT2D eigenvalue weighted by Gasteiger charge is -2.28. The number of aryl methyl sites for hydroxylation is 1. The van der Waals surface area contributed by atoms with E-state index in [1.165, 1.54) is 13.2 Å². The average Bonchev–Trinajstić information content (AvgIpc) is 3.39. The summed E-state index contributed by atoms with van der Waals surface area (Å²) in [5.41, 5.74) is 4.84. The molecule has 8 nitrogen and oxygen atoms in total. The van der Waals surface area contributed by atoms with E-state index < -0.39 is 0 Å². The largest absolute Gasteiger partial charge is 0.496 e. The molecule has 10 heteroatoms. The zero-order valence-electron chi connectivity index (χ0n) is 20.4. The number of thiocarbonyl (C=S) groups is 1. The van der Waals surface area contributed by atoms with Gasteiger partial charge in [-0.05, 0) is 86.2 Å². The molecule has 2 aromatic carbocycles. The normalized spacial score (nSPS) is 17.1. The van der Waals surface area contributed by atoms with Crippen molar-refractivity contribution in [3.8, 4) is 11.4 Å². The second-order valence-electron chi connectivity index (χ2n) is 8.75. The van der Waals surface area contributed by atoms with Crippen molar-refractivity contribution in [1.82, 2.24) is 14.9 Å². The molecular formula is C27H24ClN5O3S. The van der Waals surface area contributed by atoms with Crippen LogP contribution in [0.25, 0.3) is 5.69 Å². The summed E-state index contributed by atoms with van der Waals surface area (Å²) < 4.78 is 7.14. The summed E-state index contributed by atoms with van der Waals surface area (Å²) >= 11 is 12.0. The van der Waals surface area contributed by atoms with Gasteiger partial charge in [0.25, 0.3) is 5.69 Å². The number of ether oxygens (including phenoxy) is 1. The smallest absolute Gasteiger partial charge is 0.296 e. The van der Waals surface area contributed by atoms with E-state index in [0.717, 1.165) is 28.3 Å². The van der Waals surface area contributed by atoms with Crippen LogP contribution in [-0.4, -0.2) is 26.7 Å². The number of nitro benzene ring substituents is 1. The molecule has 37 heavy (non-hydrogen) atoms. The number of rotatable bonds is 6. The molecule has 0 saturated carbocycles. The van der Waals surface area contributed by atoms with Gasteiger partial charge in [0.2, 0.25) is 0 Å². The highest BCUT2D eigenvalue weighted by molar-refractivity contribution is 7.80. The number of nitrogens with one attached hydrogen (secondary N) is 1. The van der Waals surface area contributed by atoms with Crippen LogP contribution in [0.2, 0.25) is 5.02 Å². The number of nitro groups is 1. The van der Waals surface area contributed by atoms with Gasteiger partial charge in [-0.3, -0.25) is 15.1 Å². The fraction of sp³-hybridized carbons (Fsp3) is 0.185. The van der Waals surface area contributed by atoms with Gasteiger partial charge in [-0.1, -0.05) is 17.7 Å². The van der Waals surface area contributed by atoms with E-state index in [1.807, 2.05) is 60.9 Å². The standard InChI is InChI=1S/C27H24ClN5O3S/c1-16-14-21(17(2)31(16)23-12-11-20(36-3)15-24(23)33(34)35)26-25(22-6-4-5-13-29-22)30-27(37)32(26)19-9-7-18(28)8-10-19/h4-15,25-26H,1-3H3,(H,30,37). The zero-order valence-corrected chi connectivity index (χ0v) is 22.0. The van der Waals surface area contributed by atoms with Crippen LogP contribution >= 0.6 is 23.8 Å². The summed E-state index contributed by atoms with van der Waals surface area (Å²) in [5, 5.41) is 16.6. The van der Waals surface area contributed by atoms with E-state index in [4.69, 9.17) is 28.6 Å². The molecule has 1 aliphatic heterocycles. The van der Waals surface area contributed by atoms with Crippen molar-refractivity contribution < 1.29 is 9.66 Å². The van der Waals surface area contributed by atoms with Crippen molar-refractivity contribution in [1.29, 1.82) is 0 Å². The van der Waals surface area contributed by atoms with E-state index in [9.17, 15) is 10.1 Å². The SMILES string of the molecule is COc1ccc(-n2c(C)cc(C3C(c4ccccn4)NC(=S)N3c3ccc(Cl)cc3)c2C)c([N+](=O)[O-])c1. The Morgan fingerprint density at radius 1 is 1.11 bits per heavy atom. The maximum absolute atomic E-state index is 12.0. The van der Waals surface area contributed by atoms with Crippen molar-refractivity contribution in [2.75, 3.05) is 12.0 Å². The molecule has 0 aliphatic carbocycles. The third kappa shape index (κ3) is 4.41. The highest BCUT2D eigenvalue weighted by Crippen LogP contribution is 2.44. The minimum absolute atomic E-state index is 0.0383. The van der Waals surface area contributed by atoms with Crippen LogP contribution in [0.15, 0.2) is 72.9 Å². The number of hydrogen-bond donors (Lipinski definition) is 1. The molecule has 0 spiro atoms.